The average molecular weight is 395 g/mol. The zero-order valence-electron chi connectivity index (χ0n) is 15.2. The Morgan fingerprint density at radius 3 is 2.55 bits per heavy atom. The molecule has 3 rings (SSSR count). The summed E-state index contributed by atoms with van der Waals surface area (Å²) in [4.78, 5) is 35.1. The first-order chi connectivity index (χ1) is 14.0. The minimum Gasteiger partial charge on any atom is -0.477 e. The third-order valence-corrected chi connectivity index (χ3v) is 3.87. The Morgan fingerprint density at radius 1 is 1.03 bits per heavy atom. The zero-order chi connectivity index (χ0) is 20.6. The molecule has 148 valence electrons. The van der Waals surface area contributed by atoms with Crippen molar-refractivity contribution in [3.63, 3.8) is 0 Å². The van der Waals surface area contributed by atoms with Crippen LogP contribution in [0.15, 0.2) is 71.3 Å². The summed E-state index contributed by atoms with van der Waals surface area (Å²) in [5.74, 6) is -0.374. The Kier molecular flexibility index (Phi) is 6.21. The summed E-state index contributed by atoms with van der Waals surface area (Å²) in [6.07, 6.45) is 1.51. The molecule has 9 nitrogen and oxygen atoms in total. The molecular weight excluding hydrogens is 378 g/mol. The van der Waals surface area contributed by atoms with E-state index in [0.717, 1.165) is 0 Å². The lowest BCUT2D eigenvalue weighted by molar-refractivity contribution is -0.385. The third-order valence-electron chi connectivity index (χ3n) is 3.87. The molecule has 9 heteroatoms. The maximum absolute atomic E-state index is 12.4. The van der Waals surface area contributed by atoms with Gasteiger partial charge in [-0.2, -0.15) is 0 Å². The standard InChI is InChI=1S/C20H17N3O6/c24-19(13-29-18-10-4-3-9-17(18)23(26)27)22-16-8-2-1-7-15(16)20(25)21-12-14-6-5-11-28-14/h1-11H,12-13H2,(H,21,25)(H,22,24). The van der Waals surface area contributed by atoms with E-state index in [2.05, 4.69) is 10.6 Å². The topological polar surface area (TPSA) is 124 Å². The van der Waals surface area contributed by atoms with E-state index >= 15 is 0 Å². The Hall–Kier alpha value is -4.14. The van der Waals surface area contributed by atoms with Crippen LogP contribution in [0.3, 0.4) is 0 Å². The first-order valence-corrected chi connectivity index (χ1v) is 8.60. The van der Waals surface area contributed by atoms with Gasteiger partial charge in [-0.1, -0.05) is 24.3 Å². The number of nitrogens with zero attached hydrogens (tertiary/aromatic N) is 1. The molecule has 2 aromatic carbocycles. The maximum atomic E-state index is 12.4. The van der Waals surface area contributed by atoms with Gasteiger partial charge < -0.3 is 19.8 Å². The molecule has 1 aromatic heterocycles. The van der Waals surface area contributed by atoms with Crippen LogP contribution < -0.4 is 15.4 Å². The van der Waals surface area contributed by atoms with Crippen LogP contribution in [0.1, 0.15) is 16.1 Å². The van der Waals surface area contributed by atoms with Gasteiger partial charge in [-0.3, -0.25) is 19.7 Å². The monoisotopic (exact) mass is 395 g/mol. The fraction of sp³-hybridized carbons (Fsp3) is 0.100. The van der Waals surface area contributed by atoms with E-state index in [0.29, 0.717) is 11.4 Å². The molecule has 0 atom stereocenters. The molecule has 3 aromatic rings. The number of amides is 2. The molecule has 29 heavy (non-hydrogen) atoms. The van der Waals surface area contributed by atoms with E-state index in [9.17, 15) is 19.7 Å². The van der Waals surface area contributed by atoms with Gasteiger partial charge in [0.15, 0.2) is 12.4 Å². The normalized spacial score (nSPS) is 10.2. The van der Waals surface area contributed by atoms with Gasteiger partial charge in [0.2, 0.25) is 0 Å². The van der Waals surface area contributed by atoms with Gasteiger partial charge in [0.05, 0.1) is 29.0 Å². The number of para-hydroxylation sites is 3. The Bertz CT molecular complexity index is 1020. The highest BCUT2D eigenvalue weighted by Gasteiger charge is 2.17. The quantitative estimate of drug-likeness (QED) is 0.446. The first kappa shape index (κ1) is 19.6. The predicted octanol–water partition coefficient (Wildman–Crippen LogP) is 3.14. The number of carbonyl (C=O) groups excluding carboxylic acids is 2. The smallest absolute Gasteiger partial charge is 0.310 e. The summed E-state index contributed by atoms with van der Waals surface area (Å²) >= 11 is 0. The number of ether oxygens (including phenoxy) is 1. The number of nitro benzene ring substituents is 1. The van der Waals surface area contributed by atoms with E-state index in [1.165, 1.54) is 24.5 Å². The summed E-state index contributed by atoms with van der Waals surface area (Å²) in [6.45, 7) is -0.248. The fourth-order valence-corrected chi connectivity index (χ4v) is 2.53. The first-order valence-electron chi connectivity index (χ1n) is 8.60. The zero-order valence-corrected chi connectivity index (χ0v) is 15.2. The molecule has 0 aliphatic carbocycles. The number of carbonyl (C=O) groups is 2. The number of anilines is 1. The molecule has 0 saturated carbocycles. The molecule has 0 saturated heterocycles. The number of hydrogen-bond donors (Lipinski definition) is 2. The molecule has 0 bridgehead atoms. The SMILES string of the molecule is O=C(COc1ccccc1[N+](=O)[O-])Nc1ccccc1C(=O)NCc1ccco1. The predicted molar refractivity (Wildman–Crippen MR) is 104 cm³/mol. The Labute approximate surface area is 165 Å². The van der Waals surface area contributed by atoms with E-state index in [4.69, 9.17) is 9.15 Å². The number of hydrogen-bond acceptors (Lipinski definition) is 6. The van der Waals surface area contributed by atoms with Gasteiger partial charge in [-0.25, -0.2) is 0 Å². The summed E-state index contributed by atoms with van der Waals surface area (Å²) in [5, 5.41) is 16.3. The van der Waals surface area contributed by atoms with Crippen LogP contribution in [0, 0.1) is 10.1 Å². The van der Waals surface area contributed by atoms with Crippen LogP contribution in [0.2, 0.25) is 0 Å². The van der Waals surface area contributed by atoms with Crippen molar-refractivity contribution in [3.8, 4) is 5.75 Å². The number of rotatable bonds is 8. The maximum Gasteiger partial charge on any atom is 0.310 e. The average Bonchev–Trinajstić information content (AvgIpc) is 3.25. The molecule has 0 aliphatic rings. The van der Waals surface area contributed by atoms with Gasteiger partial charge in [0.1, 0.15) is 5.76 Å². The fourth-order valence-electron chi connectivity index (χ4n) is 2.53. The van der Waals surface area contributed by atoms with E-state index in [-0.39, 0.29) is 23.5 Å². The lowest BCUT2D eigenvalue weighted by atomic mass is 10.1. The molecule has 2 N–H and O–H groups in total. The van der Waals surface area contributed by atoms with Crippen LogP contribution in [0.4, 0.5) is 11.4 Å². The molecule has 0 spiro atoms. The minimum atomic E-state index is -0.591. The van der Waals surface area contributed by atoms with Crippen LogP contribution in [0.5, 0.6) is 5.75 Å². The van der Waals surface area contributed by atoms with Crippen molar-refractivity contribution < 1.29 is 23.7 Å². The number of nitro groups is 1. The largest absolute Gasteiger partial charge is 0.477 e. The van der Waals surface area contributed by atoms with Gasteiger partial charge in [-0.15, -0.1) is 0 Å². The van der Waals surface area contributed by atoms with Gasteiger partial charge in [-0.05, 0) is 30.3 Å². The summed E-state index contributed by atoms with van der Waals surface area (Å²) < 4.78 is 10.4. The summed E-state index contributed by atoms with van der Waals surface area (Å²) in [5.41, 5.74) is 0.316. The van der Waals surface area contributed by atoms with Gasteiger partial charge in [0, 0.05) is 6.07 Å². The van der Waals surface area contributed by atoms with Crippen LogP contribution in [-0.2, 0) is 11.3 Å². The highest BCUT2D eigenvalue weighted by molar-refractivity contribution is 6.04. The molecule has 2 amide bonds. The van der Waals surface area contributed by atoms with Crippen LogP contribution in [0.25, 0.3) is 0 Å². The van der Waals surface area contributed by atoms with Crippen molar-refractivity contribution in [3.05, 3.63) is 88.4 Å². The summed E-state index contributed by atoms with van der Waals surface area (Å²) in [7, 11) is 0. The second-order valence-corrected chi connectivity index (χ2v) is 5.87. The molecule has 0 unspecified atom stereocenters. The van der Waals surface area contributed by atoms with Crippen LogP contribution in [-0.4, -0.2) is 23.3 Å². The second kappa shape index (κ2) is 9.18. The molecule has 0 fully saturated rings. The number of furan rings is 1. The van der Waals surface area contributed by atoms with Crippen molar-refractivity contribution in [1.29, 1.82) is 0 Å². The minimum absolute atomic E-state index is 0.0165. The van der Waals surface area contributed by atoms with Crippen molar-refractivity contribution in [1.82, 2.24) is 5.32 Å². The lowest BCUT2D eigenvalue weighted by Gasteiger charge is -2.11. The molecule has 1 heterocycles. The highest BCUT2D eigenvalue weighted by atomic mass is 16.6. The highest BCUT2D eigenvalue weighted by Crippen LogP contribution is 2.25. The van der Waals surface area contributed by atoms with Crippen molar-refractivity contribution >= 4 is 23.2 Å². The van der Waals surface area contributed by atoms with Gasteiger partial charge in [0.25, 0.3) is 11.8 Å². The van der Waals surface area contributed by atoms with Crippen molar-refractivity contribution in [2.75, 3.05) is 11.9 Å². The molecular formula is C20H17N3O6. The van der Waals surface area contributed by atoms with Crippen LogP contribution >= 0.6 is 0 Å². The number of benzene rings is 2. The number of nitrogens with one attached hydrogen (secondary N) is 2. The van der Waals surface area contributed by atoms with E-state index < -0.39 is 23.3 Å². The van der Waals surface area contributed by atoms with Gasteiger partial charge >= 0.3 is 5.69 Å². The molecule has 0 aliphatic heterocycles. The van der Waals surface area contributed by atoms with E-state index in [1.54, 1.807) is 42.5 Å². The molecule has 0 radical (unpaired) electrons. The van der Waals surface area contributed by atoms with E-state index in [1.807, 2.05) is 0 Å². The summed E-state index contributed by atoms with van der Waals surface area (Å²) in [6, 6.07) is 15.7. The second-order valence-electron chi connectivity index (χ2n) is 5.87. The van der Waals surface area contributed by atoms with Crippen molar-refractivity contribution in [2.24, 2.45) is 0 Å². The van der Waals surface area contributed by atoms with Crippen molar-refractivity contribution in [2.45, 2.75) is 6.54 Å². The lowest BCUT2D eigenvalue weighted by Crippen LogP contribution is -2.26. The Balaban J connectivity index is 1.62. The third kappa shape index (κ3) is 5.19. The Morgan fingerprint density at radius 2 is 1.79 bits per heavy atom.